The lowest BCUT2D eigenvalue weighted by Crippen LogP contribution is -2.94. The van der Waals surface area contributed by atoms with Crippen molar-refractivity contribution in [2.75, 3.05) is 0 Å². The summed E-state index contributed by atoms with van der Waals surface area (Å²) in [4.78, 5) is 0. The van der Waals surface area contributed by atoms with E-state index in [9.17, 15) is 4.39 Å². The number of benzene rings is 2. The maximum absolute atomic E-state index is 13.0. The minimum absolute atomic E-state index is 0.148. The molecule has 0 aliphatic heterocycles. The molecule has 0 radical (unpaired) electrons. The number of rotatable bonds is 7. The summed E-state index contributed by atoms with van der Waals surface area (Å²) in [6, 6.07) is 12.5. The quantitative estimate of drug-likeness (QED) is 0.630. The summed E-state index contributed by atoms with van der Waals surface area (Å²) in [5.74, 6) is 0.647. The van der Waals surface area contributed by atoms with Gasteiger partial charge in [-0.15, -0.1) is 0 Å². The van der Waals surface area contributed by atoms with Crippen molar-refractivity contribution >= 4 is 15.9 Å². The molecule has 0 heterocycles. The number of nitrogens with two attached hydrogens (primary N) is 1. The highest BCUT2D eigenvalue weighted by molar-refractivity contribution is 9.10. The van der Waals surface area contributed by atoms with Gasteiger partial charge >= 0.3 is 0 Å². The summed E-state index contributed by atoms with van der Waals surface area (Å²) in [5.41, 5.74) is 2.55. The van der Waals surface area contributed by atoms with E-state index in [-0.39, 0.29) is 11.4 Å². The molecule has 0 aromatic heterocycles. The van der Waals surface area contributed by atoms with Gasteiger partial charge < -0.3 is 10.1 Å². The molecule has 0 bridgehead atoms. The molecule has 0 aliphatic carbocycles. The molecule has 2 N–H and O–H groups in total. The fraction of sp³-hybridized carbons (Fsp3) is 0.455. The van der Waals surface area contributed by atoms with Crippen molar-refractivity contribution in [3.63, 3.8) is 0 Å². The number of quaternary nitrogens is 1. The maximum Gasteiger partial charge on any atom is 0.128 e. The van der Waals surface area contributed by atoms with Crippen LogP contribution in [0.2, 0.25) is 0 Å². The number of hydrogen-bond acceptors (Lipinski definition) is 1. The van der Waals surface area contributed by atoms with Gasteiger partial charge in [0.1, 0.15) is 24.7 Å². The van der Waals surface area contributed by atoms with Crippen molar-refractivity contribution in [3.8, 4) is 5.75 Å². The molecule has 0 saturated heterocycles. The fourth-order valence-corrected chi connectivity index (χ4v) is 3.82. The van der Waals surface area contributed by atoms with Crippen molar-refractivity contribution in [3.05, 3.63) is 63.9 Å². The summed E-state index contributed by atoms with van der Waals surface area (Å²) >= 11 is 3.56. The van der Waals surface area contributed by atoms with E-state index in [1.807, 2.05) is 12.1 Å². The summed E-state index contributed by atoms with van der Waals surface area (Å²) in [7, 11) is 0. The second-order valence-electron chi connectivity index (χ2n) is 8.80. The first-order chi connectivity index (χ1) is 12.0. The zero-order valence-electron chi connectivity index (χ0n) is 16.4. The van der Waals surface area contributed by atoms with Crippen LogP contribution in [-0.2, 0) is 13.2 Å². The molecule has 0 unspecified atom stereocenters. The van der Waals surface area contributed by atoms with E-state index in [0.29, 0.717) is 12.0 Å². The zero-order chi connectivity index (χ0) is 19.4. The van der Waals surface area contributed by atoms with Crippen molar-refractivity contribution < 1.29 is 14.4 Å². The maximum atomic E-state index is 13.0. The van der Waals surface area contributed by atoms with Gasteiger partial charge in [-0.1, -0.05) is 48.8 Å². The van der Waals surface area contributed by atoms with Gasteiger partial charge in [-0.3, -0.25) is 0 Å². The number of hydrogen-bond donors (Lipinski definition) is 1. The van der Waals surface area contributed by atoms with E-state index in [1.165, 1.54) is 12.1 Å². The van der Waals surface area contributed by atoms with Gasteiger partial charge in [0.15, 0.2) is 0 Å². The highest BCUT2D eigenvalue weighted by Crippen LogP contribution is 2.26. The summed E-state index contributed by atoms with van der Waals surface area (Å²) in [5, 5.41) is 2.38. The summed E-state index contributed by atoms with van der Waals surface area (Å²) in [6.45, 7) is 12.7. The standard InChI is InChI=1S/C22H29BrFNO/c1-21(2,3)15-22(4,5)25-13-17-12-18(23)8-11-20(17)26-14-16-6-9-19(24)10-7-16/h6-12,25H,13-15H2,1-5H3/p+1. The van der Waals surface area contributed by atoms with Crippen LogP contribution in [0.15, 0.2) is 46.9 Å². The Balaban J connectivity index is 2.05. The largest absolute Gasteiger partial charge is 0.488 e. The minimum Gasteiger partial charge on any atom is -0.488 e. The van der Waals surface area contributed by atoms with Gasteiger partial charge in [0.05, 0.1) is 5.54 Å². The van der Waals surface area contributed by atoms with Gasteiger partial charge in [0.25, 0.3) is 0 Å². The molecule has 4 heteroatoms. The smallest absolute Gasteiger partial charge is 0.128 e. The van der Waals surface area contributed by atoms with E-state index in [2.05, 4.69) is 61.9 Å². The molecule has 142 valence electrons. The van der Waals surface area contributed by atoms with Gasteiger partial charge in [-0.25, -0.2) is 4.39 Å². The van der Waals surface area contributed by atoms with Crippen LogP contribution in [0.1, 0.15) is 52.2 Å². The molecule has 0 atom stereocenters. The lowest BCUT2D eigenvalue weighted by Gasteiger charge is -2.30. The van der Waals surface area contributed by atoms with Crippen LogP contribution in [0.4, 0.5) is 4.39 Å². The Labute approximate surface area is 165 Å². The third-order valence-electron chi connectivity index (χ3n) is 4.19. The van der Waals surface area contributed by atoms with Gasteiger partial charge in [-0.2, -0.15) is 0 Å². The van der Waals surface area contributed by atoms with Crippen molar-refractivity contribution in [2.45, 2.75) is 59.7 Å². The first-order valence-corrected chi connectivity index (χ1v) is 9.83. The Hall–Kier alpha value is -1.39. The molecule has 0 spiro atoms. The summed E-state index contributed by atoms with van der Waals surface area (Å²) in [6.07, 6.45) is 1.12. The molecule has 26 heavy (non-hydrogen) atoms. The number of halogens is 2. The van der Waals surface area contributed by atoms with Crippen molar-refractivity contribution in [1.82, 2.24) is 0 Å². The first kappa shape index (κ1) is 20.9. The molecule has 0 amide bonds. The van der Waals surface area contributed by atoms with E-state index in [4.69, 9.17) is 4.74 Å². The SMILES string of the molecule is CC(C)(C)CC(C)(C)[NH2+]Cc1cc(Br)ccc1OCc1ccc(F)cc1. The molecular formula is C22H30BrFNO+. The topological polar surface area (TPSA) is 25.8 Å². The van der Waals surface area contributed by atoms with E-state index in [1.54, 1.807) is 12.1 Å². The zero-order valence-corrected chi connectivity index (χ0v) is 18.0. The Morgan fingerprint density at radius 1 is 1.00 bits per heavy atom. The van der Waals surface area contributed by atoms with Gasteiger partial charge in [0.2, 0.25) is 0 Å². The van der Waals surface area contributed by atoms with Crippen molar-refractivity contribution in [2.24, 2.45) is 5.41 Å². The Morgan fingerprint density at radius 2 is 1.65 bits per heavy atom. The van der Waals surface area contributed by atoms with Crippen LogP contribution in [0, 0.1) is 11.2 Å². The van der Waals surface area contributed by atoms with Crippen LogP contribution in [-0.4, -0.2) is 5.54 Å². The Bertz CT molecular complexity index is 720. The van der Waals surface area contributed by atoms with E-state index >= 15 is 0 Å². The lowest BCUT2D eigenvalue weighted by atomic mass is 9.82. The monoisotopic (exact) mass is 422 g/mol. The second kappa shape index (κ2) is 8.53. The molecule has 2 rings (SSSR count). The molecule has 2 aromatic rings. The lowest BCUT2D eigenvalue weighted by molar-refractivity contribution is -0.737. The van der Waals surface area contributed by atoms with Gasteiger partial charge in [0, 0.05) is 16.5 Å². The van der Waals surface area contributed by atoms with Crippen LogP contribution in [0.25, 0.3) is 0 Å². The predicted octanol–water partition coefficient (Wildman–Crippen LogP) is 5.45. The average molecular weight is 423 g/mol. The van der Waals surface area contributed by atoms with Crippen molar-refractivity contribution in [1.29, 1.82) is 0 Å². The Morgan fingerprint density at radius 3 is 2.27 bits per heavy atom. The summed E-state index contributed by atoms with van der Waals surface area (Å²) < 4.78 is 20.1. The first-order valence-electron chi connectivity index (χ1n) is 9.04. The van der Waals surface area contributed by atoms with Crippen LogP contribution < -0.4 is 10.1 Å². The highest BCUT2D eigenvalue weighted by Gasteiger charge is 2.28. The highest BCUT2D eigenvalue weighted by atomic mass is 79.9. The van der Waals surface area contributed by atoms with Crippen LogP contribution in [0.3, 0.4) is 0 Å². The third-order valence-corrected chi connectivity index (χ3v) is 4.68. The molecule has 2 nitrogen and oxygen atoms in total. The van der Waals surface area contributed by atoms with E-state index in [0.717, 1.165) is 34.3 Å². The predicted molar refractivity (Wildman–Crippen MR) is 109 cm³/mol. The van der Waals surface area contributed by atoms with Gasteiger partial charge in [-0.05, 0) is 55.2 Å². The van der Waals surface area contributed by atoms with Crippen LogP contribution >= 0.6 is 15.9 Å². The fourth-order valence-electron chi connectivity index (χ4n) is 3.42. The number of ether oxygens (including phenoxy) is 1. The van der Waals surface area contributed by atoms with E-state index < -0.39 is 0 Å². The third kappa shape index (κ3) is 7.08. The molecule has 2 aromatic carbocycles. The molecule has 0 aliphatic rings. The second-order valence-corrected chi connectivity index (χ2v) is 9.72. The van der Waals surface area contributed by atoms with Crippen LogP contribution in [0.5, 0.6) is 5.75 Å². The molecule has 0 fully saturated rings. The molecule has 0 saturated carbocycles. The minimum atomic E-state index is -0.228. The Kier molecular flexibility index (Phi) is 6.86. The normalized spacial score (nSPS) is 12.3. The average Bonchev–Trinajstić information content (AvgIpc) is 2.51. The molecular weight excluding hydrogens is 393 g/mol.